The lowest BCUT2D eigenvalue weighted by Crippen LogP contribution is -2.39. The Kier molecular flexibility index (Phi) is 4.17. The first-order chi connectivity index (χ1) is 10.9. The summed E-state index contributed by atoms with van der Waals surface area (Å²) in [6, 6.07) is 8.47. The van der Waals surface area contributed by atoms with Crippen molar-refractivity contribution >= 4 is 0 Å². The minimum atomic E-state index is -1.86. The summed E-state index contributed by atoms with van der Waals surface area (Å²) in [6.45, 7) is 0.730. The van der Waals surface area contributed by atoms with E-state index in [0.717, 1.165) is 5.56 Å². The van der Waals surface area contributed by atoms with Crippen LogP contribution in [0.5, 0.6) is 0 Å². The number of hydrogen-bond donors (Lipinski definition) is 4. The summed E-state index contributed by atoms with van der Waals surface area (Å²) in [4.78, 5) is 0. The van der Waals surface area contributed by atoms with Gasteiger partial charge in [-0.25, -0.2) is 4.68 Å². The molecule has 2 heterocycles. The highest BCUT2D eigenvalue weighted by Gasteiger charge is 2.54. The maximum atomic E-state index is 10.3. The third-order valence-corrected chi connectivity index (χ3v) is 4.04. The molecular formula is C15H19N3O5. The van der Waals surface area contributed by atoms with Crippen LogP contribution in [0.3, 0.4) is 0 Å². The van der Waals surface area contributed by atoms with Crippen LogP contribution in [0.1, 0.15) is 13.0 Å². The Morgan fingerprint density at radius 1 is 1.35 bits per heavy atom. The summed E-state index contributed by atoms with van der Waals surface area (Å²) in [5.74, 6) is -1.86. The fourth-order valence-electron chi connectivity index (χ4n) is 2.78. The molecular weight excluding hydrogens is 302 g/mol. The Morgan fingerprint density at radius 3 is 2.70 bits per heavy atom. The van der Waals surface area contributed by atoms with Gasteiger partial charge in [0.2, 0.25) is 0 Å². The van der Waals surface area contributed by atoms with Crippen LogP contribution in [-0.2, 0) is 4.74 Å². The van der Waals surface area contributed by atoms with Gasteiger partial charge in [-0.2, -0.15) is 0 Å². The Morgan fingerprint density at radius 2 is 2.04 bits per heavy atom. The first-order valence-electron chi connectivity index (χ1n) is 7.28. The number of hydrogen-bond acceptors (Lipinski definition) is 7. The van der Waals surface area contributed by atoms with Gasteiger partial charge in [0.05, 0.1) is 12.8 Å². The van der Waals surface area contributed by atoms with E-state index in [9.17, 15) is 15.3 Å². The van der Waals surface area contributed by atoms with Crippen molar-refractivity contribution < 1.29 is 25.2 Å². The monoisotopic (exact) mass is 321 g/mol. The maximum absolute atomic E-state index is 10.3. The van der Waals surface area contributed by atoms with Crippen LogP contribution in [0, 0.1) is 0 Å². The lowest BCUT2D eigenvalue weighted by Gasteiger charge is -2.22. The summed E-state index contributed by atoms with van der Waals surface area (Å²) in [5, 5.41) is 47.5. The third-order valence-electron chi connectivity index (χ3n) is 4.04. The normalized spacial score (nSPS) is 32.1. The summed E-state index contributed by atoms with van der Waals surface area (Å²) in [6.07, 6.45) is -2.02. The summed E-state index contributed by atoms with van der Waals surface area (Å²) >= 11 is 0. The number of rotatable bonds is 4. The van der Waals surface area contributed by atoms with Gasteiger partial charge in [0.25, 0.3) is 0 Å². The Bertz CT molecular complexity index is 660. The number of aliphatic hydroxyl groups excluding tert-OH is 3. The minimum Gasteiger partial charge on any atom is -0.394 e. The Balaban J connectivity index is 1.94. The van der Waals surface area contributed by atoms with Crippen molar-refractivity contribution in [1.29, 1.82) is 0 Å². The second-order valence-corrected chi connectivity index (χ2v) is 5.77. The standard InChI is InChI=1S/C15H19N3O5/c1-15(22)14(21)12(13(23-15)11(20)8-19)18-7-10(16-17-18)9-5-3-2-4-6-9/h2-7,11-14,19-22H,8H2,1H3/t11-,12-,13-,14-,15-/m1/s1. The predicted octanol–water partition coefficient (Wildman–Crippen LogP) is -0.692. The van der Waals surface area contributed by atoms with Gasteiger partial charge in [0.1, 0.15) is 30.0 Å². The van der Waals surface area contributed by atoms with Crippen LogP contribution < -0.4 is 0 Å². The predicted molar refractivity (Wildman–Crippen MR) is 79.1 cm³/mol. The van der Waals surface area contributed by atoms with E-state index in [1.54, 1.807) is 6.20 Å². The molecule has 8 heteroatoms. The first-order valence-corrected chi connectivity index (χ1v) is 7.28. The van der Waals surface area contributed by atoms with Crippen LogP contribution in [0.15, 0.2) is 36.5 Å². The molecule has 5 atom stereocenters. The largest absolute Gasteiger partial charge is 0.394 e. The molecule has 1 aromatic heterocycles. The fourth-order valence-corrected chi connectivity index (χ4v) is 2.78. The molecule has 23 heavy (non-hydrogen) atoms. The van der Waals surface area contributed by atoms with Crippen molar-refractivity contribution in [2.75, 3.05) is 6.61 Å². The van der Waals surface area contributed by atoms with Gasteiger partial charge in [0, 0.05) is 5.56 Å². The molecule has 1 fully saturated rings. The van der Waals surface area contributed by atoms with E-state index >= 15 is 0 Å². The Hall–Kier alpha value is -1.84. The van der Waals surface area contributed by atoms with Gasteiger partial charge in [-0.1, -0.05) is 35.5 Å². The van der Waals surface area contributed by atoms with Crippen molar-refractivity contribution in [1.82, 2.24) is 15.0 Å². The second kappa shape index (κ2) is 5.99. The number of ether oxygens (including phenoxy) is 1. The maximum Gasteiger partial charge on any atom is 0.191 e. The van der Waals surface area contributed by atoms with E-state index in [4.69, 9.17) is 9.84 Å². The van der Waals surface area contributed by atoms with E-state index in [2.05, 4.69) is 10.3 Å². The van der Waals surface area contributed by atoms with Gasteiger partial charge >= 0.3 is 0 Å². The molecule has 2 aromatic rings. The summed E-state index contributed by atoms with van der Waals surface area (Å²) < 4.78 is 6.65. The third kappa shape index (κ3) is 2.87. The van der Waals surface area contributed by atoms with Crippen LogP contribution in [-0.4, -0.2) is 66.1 Å². The highest BCUT2D eigenvalue weighted by atomic mass is 16.7. The number of aliphatic hydroxyl groups is 4. The van der Waals surface area contributed by atoms with Crippen molar-refractivity contribution in [2.24, 2.45) is 0 Å². The van der Waals surface area contributed by atoms with E-state index in [1.165, 1.54) is 11.6 Å². The zero-order valence-electron chi connectivity index (χ0n) is 12.5. The van der Waals surface area contributed by atoms with Crippen LogP contribution >= 0.6 is 0 Å². The van der Waals surface area contributed by atoms with Gasteiger partial charge in [-0.15, -0.1) is 5.10 Å². The zero-order chi connectivity index (χ0) is 16.6. The smallest absolute Gasteiger partial charge is 0.191 e. The highest BCUT2D eigenvalue weighted by molar-refractivity contribution is 5.57. The first kappa shape index (κ1) is 16.0. The fraction of sp³-hybridized carbons (Fsp3) is 0.467. The number of benzene rings is 1. The lowest BCUT2D eigenvalue weighted by molar-refractivity contribution is -0.226. The van der Waals surface area contributed by atoms with Gasteiger partial charge in [-0.3, -0.25) is 0 Å². The van der Waals surface area contributed by atoms with E-state index in [-0.39, 0.29) is 0 Å². The van der Waals surface area contributed by atoms with Crippen molar-refractivity contribution in [3.63, 3.8) is 0 Å². The zero-order valence-corrected chi connectivity index (χ0v) is 12.5. The van der Waals surface area contributed by atoms with Crippen LogP contribution in [0.25, 0.3) is 11.3 Å². The van der Waals surface area contributed by atoms with Crippen molar-refractivity contribution in [3.05, 3.63) is 36.5 Å². The molecule has 0 saturated carbocycles. The van der Waals surface area contributed by atoms with Crippen LogP contribution in [0.2, 0.25) is 0 Å². The highest BCUT2D eigenvalue weighted by Crippen LogP contribution is 2.38. The molecule has 0 aliphatic carbocycles. The minimum absolute atomic E-state index is 0.565. The summed E-state index contributed by atoms with van der Waals surface area (Å²) in [5.41, 5.74) is 1.43. The molecule has 1 aromatic carbocycles. The van der Waals surface area contributed by atoms with Crippen molar-refractivity contribution in [2.45, 2.75) is 37.1 Å². The van der Waals surface area contributed by atoms with Crippen molar-refractivity contribution in [3.8, 4) is 11.3 Å². The number of aromatic nitrogens is 3. The Labute approximate surface area is 132 Å². The molecule has 1 aliphatic heterocycles. The molecule has 1 saturated heterocycles. The SMILES string of the molecule is C[C@@]1(O)O[C@H]([C@H](O)CO)[C@@H](n2cc(-c3ccccc3)nn2)[C@H]1O. The summed E-state index contributed by atoms with van der Waals surface area (Å²) in [7, 11) is 0. The molecule has 0 radical (unpaired) electrons. The number of nitrogens with zero attached hydrogens (tertiary/aromatic N) is 3. The molecule has 3 rings (SSSR count). The average molecular weight is 321 g/mol. The lowest BCUT2D eigenvalue weighted by atomic mass is 10.0. The molecule has 0 bridgehead atoms. The molecule has 124 valence electrons. The van der Waals surface area contributed by atoms with Crippen LogP contribution in [0.4, 0.5) is 0 Å². The second-order valence-electron chi connectivity index (χ2n) is 5.77. The molecule has 0 spiro atoms. The topological polar surface area (TPSA) is 121 Å². The van der Waals surface area contributed by atoms with E-state index < -0.39 is 36.7 Å². The van der Waals surface area contributed by atoms with Gasteiger partial charge < -0.3 is 25.2 Å². The average Bonchev–Trinajstić information content (AvgIpc) is 3.11. The van der Waals surface area contributed by atoms with Gasteiger partial charge in [0.15, 0.2) is 5.79 Å². The molecule has 8 nitrogen and oxygen atoms in total. The van der Waals surface area contributed by atoms with E-state index in [1.807, 2.05) is 30.3 Å². The molecule has 0 amide bonds. The van der Waals surface area contributed by atoms with Gasteiger partial charge in [-0.05, 0) is 6.92 Å². The molecule has 4 N–H and O–H groups in total. The van der Waals surface area contributed by atoms with E-state index in [0.29, 0.717) is 5.69 Å². The quantitative estimate of drug-likeness (QED) is 0.588. The molecule has 1 aliphatic rings. The molecule has 0 unspecified atom stereocenters.